The number of carboxylic acids is 1. The highest BCUT2D eigenvalue weighted by molar-refractivity contribution is 5.75. The molecule has 0 bridgehead atoms. The average molecular weight is 295 g/mol. The third-order valence-corrected chi connectivity index (χ3v) is 5.29. The van der Waals surface area contributed by atoms with Crippen molar-refractivity contribution in [2.75, 3.05) is 13.1 Å². The molecule has 2 heterocycles. The zero-order chi connectivity index (χ0) is 14.8. The minimum Gasteiger partial charge on any atom is -0.481 e. The number of piperidine rings is 1. The molecule has 2 aliphatic heterocycles. The molecule has 0 aromatic heterocycles. The van der Waals surface area contributed by atoms with Gasteiger partial charge in [0.15, 0.2) is 0 Å². The Morgan fingerprint density at radius 2 is 1.86 bits per heavy atom. The van der Waals surface area contributed by atoms with Crippen LogP contribution in [0.4, 0.5) is 4.79 Å². The molecule has 6 nitrogen and oxygen atoms in total. The summed E-state index contributed by atoms with van der Waals surface area (Å²) in [7, 11) is 0. The van der Waals surface area contributed by atoms with Crippen LogP contribution in [0, 0.1) is 5.92 Å². The molecule has 3 aliphatic rings. The van der Waals surface area contributed by atoms with Gasteiger partial charge in [0.1, 0.15) is 0 Å². The van der Waals surface area contributed by atoms with Crippen molar-refractivity contribution in [1.29, 1.82) is 0 Å². The molecule has 1 saturated carbocycles. The van der Waals surface area contributed by atoms with Gasteiger partial charge < -0.3 is 15.7 Å². The summed E-state index contributed by atoms with van der Waals surface area (Å²) < 4.78 is 0. The van der Waals surface area contributed by atoms with Gasteiger partial charge in [-0.15, -0.1) is 0 Å². The van der Waals surface area contributed by atoms with E-state index in [4.69, 9.17) is 5.11 Å². The van der Waals surface area contributed by atoms with E-state index in [0.717, 1.165) is 25.9 Å². The number of hydrogen-bond acceptors (Lipinski definition) is 3. The summed E-state index contributed by atoms with van der Waals surface area (Å²) in [6.45, 7) is 2.24. The molecule has 0 radical (unpaired) electrons. The fourth-order valence-electron chi connectivity index (χ4n) is 4.15. The average Bonchev–Trinajstić information content (AvgIpc) is 3.07. The van der Waals surface area contributed by atoms with E-state index in [9.17, 15) is 9.59 Å². The second-order valence-corrected chi connectivity index (χ2v) is 6.66. The van der Waals surface area contributed by atoms with E-state index in [2.05, 4.69) is 15.5 Å². The molecular weight excluding hydrogens is 270 g/mol. The van der Waals surface area contributed by atoms with E-state index in [0.29, 0.717) is 18.9 Å². The maximum absolute atomic E-state index is 12.1. The van der Waals surface area contributed by atoms with E-state index in [1.165, 1.54) is 19.3 Å². The Labute approximate surface area is 125 Å². The molecule has 0 aromatic rings. The third kappa shape index (κ3) is 3.31. The predicted octanol–water partition coefficient (Wildman–Crippen LogP) is 1.17. The van der Waals surface area contributed by atoms with Gasteiger partial charge in [-0.05, 0) is 45.1 Å². The molecular formula is C15H25N3O3. The van der Waals surface area contributed by atoms with Gasteiger partial charge in [0.05, 0.1) is 5.92 Å². The number of urea groups is 1. The first-order valence-corrected chi connectivity index (χ1v) is 8.17. The Morgan fingerprint density at radius 3 is 2.62 bits per heavy atom. The summed E-state index contributed by atoms with van der Waals surface area (Å²) in [4.78, 5) is 25.5. The summed E-state index contributed by atoms with van der Waals surface area (Å²) in [6.07, 6.45) is 6.72. The molecule has 3 fully saturated rings. The molecule has 2 saturated heterocycles. The van der Waals surface area contributed by atoms with E-state index in [1.807, 2.05) is 0 Å². The zero-order valence-corrected chi connectivity index (χ0v) is 12.4. The number of rotatable bonds is 3. The summed E-state index contributed by atoms with van der Waals surface area (Å²) in [5.41, 5.74) is 0. The van der Waals surface area contributed by atoms with Crippen LogP contribution in [0.2, 0.25) is 0 Å². The van der Waals surface area contributed by atoms with E-state index in [1.54, 1.807) is 0 Å². The second-order valence-electron chi connectivity index (χ2n) is 6.66. The fraction of sp³-hybridized carbons (Fsp3) is 0.867. The lowest BCUT2D eigenvalue weighted by Crippen LogP contribution is -2.51. The monoisotopic (exact) mass is 295 g/mol. The lowest BCUT2D eigenvalue weighted by molar-refractivity contribution is -0.141. The Bertz CT molecular complexity index is 415. The topological polar surface area (TPSA) is 81.7 Å². The van der Waals surface area contributed by atoms with Crippen LogP contribution in [0.1, 0.15) is 44.9 Å². The van der Waals surface area contributed by atoms with Gasteiger partial charge in [-0.1, -0.05) is 6.42 Å². The Kier molecular flexibility index (Phi) is 4.33. The van der Waals surface area contributed by atoms with Crippen LogP contribution >= 0.6 is 0 Å². The summed E-state index contributed by atoms with van der Waals surface area (Å²) in [5.74, 6) is -1.04. The Balaban J connectivity index is 1.45. The van der Waals surface area contributed by atoms with Crippen molar-refractivity contribution in [3.05, 3.63) is 0 Å². The molecule has 0 spiro atoms. The molecule has 3 N–H and O–H groups in total. The lowest BCUT2D eigenvalue weighted by atomic mass is 9.99. The fourth-order valence-corrected chi connectivity index (χ4v) is 4.15. The SMILES string of the molecule is O=C(NC1CCC(C(=O)O)C1)NC1CCN2CCCCC12. The number of carbonyl (C=O) groups is 2. The number of nitrogens with one attached hydrogen (secondary N) is 2. The third-order valence-electron chi connectivity index (χ3n) is 5.29. The first-order valence-electron chi connectivity index (χ1n) is 8.17. The molecule has 4 unspecified atom stereocenters. The highest BCUT2D eigenvalue weighted by atomic mass is 16.4. The maximum Gasteiger partial charge on any atom is 0.315 e. The Hall–Kier alpha value is -1.30. The normalized spacial score (nSPS) is 36.2. The van der Waals surface area contributed by atoms with Gasteiger partial charge in [-0.3, -0.25) is 9.69 Å². The van der Waals surface area contributed by atoms with E-state index >= 15 is 0 Å². The minimum absolute atomic E-state index is 0.00922. The van der Waals surface area contributed by atoms with Gasteiger partial charge >= 0.3 is 12.0 Å². The standard InChI is InChI=1S/C15H25N3O3/c19-14(20)10-4-5-11(9-10)16-15(21)17-12-6-8-18-7-2-1-3-13(12)18/h10-13H,1-9H2,(H,19,20)(H2,16,17,21). The molecule has 1 aliphatic carbocycles. The smallest absolute Gasteiger partial charge is 0.315 e. The second kappa shape index (κ2) is 6.22. The van der Waals surface area contributed by atoms with Crippen LogP contribution in [0.25, 0.3) is 0 Å². The largest absolute Gasteiger partial charge is 0.481 e. The van der Waals surface area contributed by atoms with Gasteiger partial charge in [-0.25, -0.2) is 4.79 Å². The lowest BCUT2D eigenvalue weighted by Gasteiger charge is -2.32. The van der Waals surface area contributed by atoms with Crippen molar-refractivity contribution in [3.63, 3.8) is 0 Å². The van der Waals surface area contributed by atoms with Crippen LogP contribution < -0.4 is 10.6 Å². The van der Waals surface area contributed by atoms with Gasteiger partial charge in [0.25, 0.3) is 0 Å². The van der Waals surface area contributed by atoms with Crippen LogP contribution in [0.5, 0.6) is 0 Å². The van der Waals surface area contributed by atoms with Crippen LogP contribution in [-0.2, 0) is 4.79 Å². The number of amides is 2. The first kappa shape index (κ1) is 14.6. The van der Waals surface area contributed by atoms with Gasteiger partial charge in [0.2, 0.25) is 0 Å². The Morgan fingerprint density at radius 1 is 1.00 bits per heavy atom. The molecule has 6 heteroatoms. The first-order chi connectivity index (χ1) is 10.1. The van der Waals surface area contributed by atoms with Crippen molar-refractivity contribution >= 4 is 12.0 Å². The summed E-state index contributed by atoms with van der Waals surface area (Å²) >= 11 is 0. The van der Waals surface area contributed by atoms with Crippen molar-refractivity contribution < 1.29 is 14.7 Å². The molecule has 4 atom stereocenters. The van der Waals surface area contributed by atoms with Crippen LogP contribution in [0.15, 0.2) is 0 Å². The van der Waals surface area contributed by atoms with Crippen molar-refractivity contribution in [1.82, 2.24) is 15.5 Å². The molecule has 118 valence electrons. The quantitative estimate of drug-likeness (QED) is 0.730. The summed E-state index contributed by atoms with van der Waals surface area (Å²) in [6, 6.07) is 0.639. The maximum atomic E-state index is 12.1. The molecule has 2 amide bonds. The minimum atomic E-state index is -0.742. The number of carbonyl (C=O) groups excluding carboxylic acids is 1. The van der Waals surface area contributed by atoms with Gasteiger partial charge in [-0.2, -0.15) is 0 Å². The van der Waals surface area contributed by atoms with Crippen molar-refractivity contribution in [2.24, 2.45) is 5.92 Å². The van der Waals surface area contributed by atoms with Crippen molar-refractivity contribution in [3.8, 4) is 0 Å². The number of aliphatic carboxylic acids is 1. The molecule has 21 heavy (non-hydrogen) atoms. The van der Waals surface area contributed by atoms with E-state index in [-0.39, 0.29) is 24.0 Å². The van der Waals surface area contributed by atoms with Crippen molar-refractivity contribution in [2.45, 2.75) is 63.1 Å². The number of hydrogen-bond donors (Lipinski definition) is 3. The number of carboxylic acid groups (broad SMARTS) is 1. The van der Waals surface area contributed by atoms with Crippen LogP contribution in [0.3, 0.4) is 0 Å². The van der Waals surface area contributed by atoms with Gasteiger partial charge in [0, 0.05) is 24.7 Å². The number of fused-ring (bicyclic) bond motifs is 1. The highest BCUT2D eigenvalue weighted by Gasteiger charge is 2.37. The van der Waals surface area contributed by atoms with E-state index < -0.39 is 5.97 Å². The number of nitrogens with zero attached hydrogens (tertiary/aromatic N) is 1. The zero-order valence-electron chi connectivity index (χ0n) is 12.4. The van der Waals surface area contributed by atoms with Crippen LogP contribution in [-0.4, -0.2) is 53.2 Å². The molecule has 0 aromatic carbocycles. The summed E-state index contributed by atoms with van der Waals surface area (Å²) in [5, 5.41) is 15.1. The molecule has 3 rings (SSSR count). The predicted molar refractivity (Wildman–Crippen MR) is 78.0 cm³/mol. The highest BCUT2D eigenvalue weighted by Crippen LogP contribution is 2.28.